The van der Waals surface area contributed by atoms with E-state index in [2.05, 4.69) is 36.5 Å². The van der Waals surface area contributed by atoms with Crippen LogP contribution >= 0.6 is 0 Å². The molecular weight excluding hydrogens is 262 g/mol. The van der Waals surface area contributed by atoms with Gasteiger partial charge in [0.2, 0.25) is 0 Å². The molecule has 0 aromatic heterocycles. The Morgan fingerprint density at radius 3 is 2.81 bits per heavy atom. The van der Waals surface area contributed by atoms with E-state index in [1.54, 1.807) is 7.11 Å². The fraction of sp³-hybridized carbons (Fsp3) is 0.667. The van der Waals surface area contributed by atoms with E-state index >= 15 is 0 Å². The molecule has 1 aliphatic carbocycles. The van der Waals surface area contributed by atoms with Gasteiger partial charge in [0.15, 0.2) is 0 Å². The smallest absolute Gasteiger partial charge is 0.0720 e. The minimum atomic E-state index is 0.352. The first-order valence-electron chi connectivity index (χ1n) is 8.24. The van der Waals surface area contributed by atoms with Crippen molar-refractivity contribution < 1.29 is 9.47 Å². The molecule has 1 aromatic carbocycles. The molecule has 0 saturated heterocycles. The number of hydrogen-bond acceptors (Lipinski definition) is 3. The maximum absolute atomic E-state index is 6.08. The first-order valence-corrected chi connectivity index (χ1v) is 8.24. The van der Waals surface area contributed by atoms with Gasteiger partial charge in [-0.15, -0.1) is 0 Å². The molecule has 0 spiro atoms. The summed E-state index contributed by atoms with van der Waals surface area (Å²) in [6.45, 7) is 4.91. The zero-order chi connectivity index (χ0) is 14.9. The Labute approximate surface area is 129 Å². The van der Waals surface area contributed by atoms with Crippen LogP contribution in [0.15, 0.2) is 24.3 Å². The fourth-order valence-corrected chi connectivity index (χ4v) is 2.92. The van der Waals surface area contributed by atoms with E-state index in [1.165, 1.54) is 30.4 Å². The topological polar surface area (TPSA) is 30.5 Å². The monoisotopic (exact) mass is 291 g/mol. The van der Waals surface area contributed by atoms with Crippen LogP contribution < -0.4 is 5.32 Å². The molecule has 2 atom stereocenters. The van der Waals surface area contributed by atoms with E-state index < -0.39 is 0 Å². The molecular formula is C18H29NO2. The largest absolute Gasteiger partial charge is 0.381 e. The molecule has 0 radical (unpaired) electrons. The maximum atomic E-state index is 6.08. The van der Waals surface area contributed by atoms with E-state index in [9.17, 15) is 0 Å². The highest BCUT2D eigenvalue weighted by molar-refractivity contribution is 5.22. The number of hydrogen-bond donors (Lipinski definition) is 1. The van der Waals surface area contributed by atoms with Gasteiger partial charge in [-0.1, -0.05) is 31.2 Å². The zero-order valence-corrected chi connectivity index (χ0v) is 13.4. The van der Waals surface area contributed by atoms with E-state index in [-0.39, 0.29) is 0 Å². The second-order valence-electron chi connectivity index (χ2n) is 5.95. The van der Waals surface area contributed by atoms with Crippen molar-refractivity contribution in [2.75, 3.05) is 13.7 Å². The summed E-state index contributed by atoms with van der Waals surface area (Å²) in [5.74, 6) is 0. The molecule has 0 amide bonds. The summed E-state index contributed by atoms with van der Waals surface area (Å²) in [6.07, 6.45) is 6.50. The number of benzene rings is 1. The average Bonchev–Trinajstić information content (AvgIpc) is 2.54. The van der Waals surface area contributed by atoms with Gasteiger partial charge in [-0.3, -0.25) is 0 Å². The molecule has 21 heavy (non-hydrogen) atoms. The first-order chi connectivity index (χ1) is 10.3. The summed E-state index contributed by atoms with van der Waals surface area (Å²) >= 11 is 0. The third kappa shape index (κ3) is 5.77. The molecule has 2 unspecified atom stereocenters. The van der Waals surface area contributed by atoms with Crippen LogP contribution in [0.1, 0.15) is 50.2 Å². The predicted molar refractivity (Wildman–Crippen MR) is 86.3 cm³/mol. The average molecular weight is 291 g/mol. The molecule has 2 rings (SSSR count). The van der Waals surface area contributed by atoms with Crippen LogP contribution in [0.25, 0.3) is 0 Å². The summed E-state index contributed by atoms with van der Waals surface area (Å²) in [5, 5.41) is 3.44. The van der Waals surface area contributed by atoms with Gasteiger partial charge in [0, 0.05) is 13.7 Å². The van der Waals surface area contributed by atoms with Crippen molar-refractivity contribution in [3.63, 3.8) is 0 Å². The minimum absolute atomic E-state index is 0.352. The van der Waals surface area contributed by atoms with E-state index in [0.717, 1.165) is 25.9 Å². The molecule has 3 heteroatoms. The molecule has 1 N–H and O–H groups in total. The minimum Gasteiger partial charge on any atom is -0.381 e. The molecule has 0 bridgehead atoms. The quantitative estimate of drug-likeness (QED) is 0.741. The zero-order valence-electron chi connectivity index (χ0n) is 13.4. The Morgan fingerprint density at radius 2 is 2.00 bits per heavy atom. The number of methoxy groups -OCH3 is 1. The van der Waals surface area contributed by atoms with Crippen molar-refractivity contribution in [3.05, 3.63) is 35.4 Å². The Morgan fingerprint density at radius 1 is 1.19 bits per heavy atom. The van der Waals surface area contributed by atoms with Crippen molar-refractivity contribution in [2.24, 2.45) is 0 Å². The molecule has 1 fully saturated rings. The second-order valence-corrected chi connectivity index (χ2v) is 5.95. The highest BCUT2D eigenvalue weighted by atomic mass is 16.5. The Hall–Kier alpha value is -0.900. The summed E-state index contributed by atoms with van der Waals surface area (Å²) in [4.78, 5) is 0. The molecule has 1 aliphatic rings. The highest BCUT2D eigenvalue weighted by Crippen LogP contribution is 2.24. The van der Waals surface area contributed by atoms with Crippen molar-refractivity contribution in [1.82, 2.24) is 5.32 Å². The highest BCUT2D eigenvalue weighted by Gasteiger charge is 2.22. The summed E-state index contributed by atoms with van der Waals surface area (Å²) in [6, 6.07) is 8.70. The number of ether oxygens (including phenoxy) is 2. The third-order valence-corrected chi connectivity index (χ3v) is 4.14. The van der Waals surface area contributed by atoms with Crippen LogP contribution in [0.2, 0.25) is 0 Å². The molecule has 118 valence electrons. The van der Waals surface area contributed by atoms with Crippen molar-refractivity contribution >= 4 is 0 Å². The lowest BCUT2D eigenvalue weighted by molar-refractivity contribution is -0.0363. The van der Waals surface area contributed by atoms with Crippen molar-refractivity contribution in [3.8, 4) is 0 Å². The van der Waals surface area contributed by atoms with Crippen molar-refractivity contribution in [1.29, 1.82) is 0 Å². The van der Waals surface area contributed by atoms with Gasteiger partial charge < -0.3 is 14.8 Å². The third-order valence-electron chi connectivity index (χ3n) is 4.14. The normalized spacial score (nSPS) is 22.4. The van der Waals surface area contributed by atoms with E-state index in [4.69, 9.17) is 9.47 Å². The number of nitrogens with one attached hydrogen (secondary N) is 1. The summed E-state index contributed by atoms with van der Waals surface area (Å²) in [7, 11) is 1.81. The van der Waals surface area contributed by atoms with Crippen molar-refractivity contribution in [2.45, 2.75) is 64.4 Å². The van der Waals surface area contributed by atoms with Crippen LogP contribution in [0.3, 0.4) is 0 Å². The van der Waals surface area contributed by atoms with Gasteiger partial charge in [0.05, 0.1) is 18.8 Å². The SMILES string of the molecule is CCCNCc1cccc(COC2CCCC(OC)C2)c1. The Bertz CT molecular complexity index is 408. The molecule has 0 heterocycles. The van der Waals surface area contributed by atoms with Gasteiger partial charge in [0.25, 0.3) is 0 Å². The summed E-state index contributed by atoms with van der Waals surface area (Å²) < 4.78 is 11.5. The van der Waals surface area contributed by atoms with Crippen LogP contribution in [0.5, 0.6) is 0 Å². The molecule has 3 nitrogen and oxygen atoms in total. The maximum Gasteiger partial charge on any atom is 0.0720 e. The molecule has 0 aliphatic heterocycles. The predicted octanol–water partition coefficient (Wildman–Crippen LogP) is 3.66. The summed E-state index contributed by atoms with van der Waals surface area (Å²) in [5.41, 5.74) is 2.60. The first kappa shape index (κ1) is 16.5. The fourth-order valence-electron chi connectivity index (χ4n) is 2.92. The van der Waals surface area contributed by atoms with Crippen LogP contribution in [0.4, 0.5) is 0 Å². The standard InChI is InChI=1S/C18H29NO2/c1-3-10-19-13-15-6-4-7-16(11-15)14-21-18-9-5-8-17(12-18)20-2/h4,6-7,11,17-19H,3,5,8-10,12-14H2,1-2H3. The van der Waals surface area contributed by atoms with Gasteiger partial charge >= 0.3 is 0 Å². The lowest BCUT2D eigenvalue weighted by Crippen LogP contribution is -2.27. The van der Waals surface area contributed by atoms with Gasteiger partial charge in [0.1, 0.15) is 0 Å². The van der Waals surface area contributed by atoms with Gasteiger partial charge in [-0.2, -0.15) is 0 Å². The lowest BCUT2D eigenvalue weighted by atomic mass is 9.95. The molecule has 1 saturated carbocycles. The second kappa shape index (κ2) is 9.19. The lowest BCUT2D eigenvalue weighted by Gasteiger charge is -2.28. The van der Waals surface area contributed by atoms with E-state index in [1.807, 2.05) is 0 Å². The Balaban J connectivity index is 1.78. The van der Waals surface area contributed by atoms with Crippen LogP contribution in [0, 0.1) is 0 Å². The van der Waals surface area contributed by atoms with E-state index in [0.29, 0.717) is 18.8 Å². The Kier molecular flexibility index (Phi) is 7.20. The number of rotatable bonds is 8. The van der Waals surface area contributed by atoms with Crippen LogP contribution in [-0.4, -0.2) is 25.9 Å². The van der Waals surface area contributed by atoms with Crippen LogP contribution in [-0.2, 0) is 22.6 Å². The van der Waals surface area contributed by atoms with Gasteiger partial charge in [-0.25, -0.2) is 0 Å². The molecule has 1 aromatic rings. The van der Waals surface area contributed by atoms with Gasteiger partial charge in [-0.05, 0) is 49.8 Å².